The standard InChI is InChI=1S/C31H32N10O5/c1-16-5-6-32-26(34-16)20-8-21(20)28(43)36-24-9-23(37-29(38-24)31(45)14-46-15-31)33-10-19-12-40-11-18(17-3-4-17)7-22(27(40)35-19)41-13-25(42)39(2)30(41)44/h5-7,9,11-12,17,20-21,45H,3-4,8,10,13-15H2,1-2H3,(H2,33,36,37,38,43). The van der Waals surface area contributed by atoms with Crippen LogP contribution in [0.25, 0.3) is 5.65 Å². The van der Waals surface area contributed by atoms with Crippen molar-refractivity contribution in [3.05, 3.63) is 65.4 Å². The number of carbonyl (C=O) groups excluding carboxylic acids is 3. The highest BCUT2D eigenvalue weighted by Crippen LogP contribution is 2.46. The van der Waals surface area contributed by atoms with Gasteiger partial charge in [-0.2, -0.15) is 0 Å². The minimum Gasteiger partial charge on any atom is -0.377 e. The van der Waals surface area contributed by atoms with Crippen LogP contribution in [0.1, 0.15) is 59.7 Å². The van der Waals surface area contributed by atoms with Gasteiger partial charge in [-0.05, 0) is 49.8 Å². The average molecular weight is 625 g/mol. The van der Waals surface area contributed by atoms with Gasteiger partial charge < -0.3 is 24.9 Å². The van der Waals surface area contributed by atoms with E-state index in [1.807, 2.05) is 35.9 Å². The van der Waals surface area contributed by atoms with Crippen molar-refractivity contribution in [2.45, 2.75) is 50.2 Å². The number of imidazole rings is 1. The molecule has 46 heavy (non-hydrogen) atoms. The molecular weight excluding hydrogens is 592 g/mol. The normalized spacial score (nSPS) is 21.9. The zero-order valence-corrected chi connectivity index (χ0v) is 25.3. The first kappa shape index (κ1) is 28.5. The van der Waals surface area contributed by atoms with Crippen LogP contribution in [0.5, 0.6) is 0 Å². The Morgan fingerprint density at radius 3 is 2.61 bits per heavy atom. The van der Waals surface area contributed by atoms with Crippen molar-refractivity contribution < 1.29 is 24.2 Å². The molecule has 0 bridgehead atoms. The second-order valence-electron chi connectivity index (χ2n) is 12.6. The largest absolute Gasteiger partial charge is 0.377 e. The van der Waals surface area contributed by atoms with Gasteiger partial charge in [-0.1, -0.05) is 0 Å². The van der Waals surface area contributed by atoms with Gasteiger partial charge in [0.15, 0.2) is 17.1 Å². The first-order valence-corrected chi connectivity index (χ1v) is 15.3. The molecule has 2 saturated heterocycles. The fraction of sp³-hybridized carbons (Fsp3) is 0.419. The number of urea groups is 1. The molecule has 4 aliphatic rings. The van der Waals surface area contributed by atoms with Gasteiger partial charge in [-0.25, -0.2) is 29.7 Å². The Balaban J connectivity index is 1.04. The van der Waals surface area contributed by atoms with Crippen LogP contribution < -0.4 is 15.5 Å². The number of aryl methyl sites for hydroxylation is 1. The average Bonchev–Trinajstić information content (AvgIpc) is 3.95. The lowest BCUT2D eigenvalue weighted by Crippen LogP contribution is -2.48. The molecule has 0 spiro atoms. The molecule has 0 radical (unpaired) electrons. The molecule has 6 heterocycles. The van der Waals surface area contributed by atoms with Gasteiger partial charge >= 0.3 is 6.03 Å². The van der Waals surface area contributed by atoms with E-state index in [1.54, 1.807) is 12.3 Å². The van der Waals surface area contributed by atoms with Crippen molar-refractivity contribution in [2.24, 2.45) is 5.92 Å². The van der Waals surface area contributed by atoms with Crippen molar-refractivity contribution in [1.82, 2.24) is 34.2 Å². The summed E-state index contributed by atoms with van der Waals surface area (Å²) in [5.74, 6) is 1.03. The van der Waals surface area contributed by atoms with E-state index in [2.05, 4.69) is 30.6 Å². The second kappa shape index (κ2) is 10.5. The molecule has 2 atom stereocenters. The van der Waals surface area contributed by atoms with Crippen molar-refractivity contribution in [1.29, 1.82) is 0 Å². The number of carbonyl (C=O) groups is 3. The van der Waals surface area contributed by atoms with Crippen LogP contribution in [-0.4, -0.2) is 84.0 Å². The number of aliphatic hydroxyl groups is 1. The lowest BCUT2D eigenvalue weighted by molar-refractivity contribution is -0.189. The second-order valence-corrected chi connectivity index (χ2v) is 12.6. The molecular formula is C31H32N10O5. The number of nitrogens with zero attached hydrogens (tertiary/aromatic N) is 8. The van der Waals surface area contributed by atoms with Crippen molar-refractivity contribution >= 4 is 40.8 Å². The summed E-state index contributed by atoms with van der Waals surface area (Å²) >= 11 is 0. The molecule has 0 aromatic carbocycles. The van der Waals surface area contributed by atoms with Gasteiger partial charge in [0, 0.05) is 49.2 Å². The number of ether oxygens (including phenoxy) is 1. The predicted octanol–water partition coefficient (Wildman–Crippen LogP) is 2.07. The molecule has 2 aliphatic carbocycles. The molecule has 2 unspecified atom stereocenters. The number of anilines is 3. The van der Waals surface area contributed by atoms with Crippen LogP contribution in [-0.2, 0) is 26.5 Å². The van der Waals surface area contributed by atoms with E-state index in [4.69, 9.17) is 9.72 Å². The van der Waals surface area contributed by atoms with E-state index < -0.39 is 5.60 Å². The van der Waals surface area contributed by atoms with E-state index in [-0.39, 0.29) is 67.6 Å². The summed E-state index contributed by atoms with van der Waals surface area (Å²) in [7, 11) is 1.48. The summed E-state index contributed by atoms with van der Waals surface area (Å²) in [5, 5.41) is 17.1. The van der Waals surface area contributed by atoms with Crippen LogP contribution in [0.3, 0.4) is 0 Å². The van der Waals surface area contributed by atoms with Crippen molar-refractivity contribution in [3.63, 3.8) is 0 Å². The van der Waals surface area contributed by atoms with Crippen LogP contribution in [0.2, 0.25) is 0 Å². The summed E-state index contributed by atoms with van der Waals surface area (Å²) in [6.45, 7) is 2.20. The molecule has 3 N–H and O–H groups in total. The number of hydrogen-bond acceptors (Lipinski definition) is 11. The fourth-order valence-electron chi connectivity index (χ4n) is 5.91. The number of nitrogens with one attached hydrogen (secondary N) is 2. The minimum atomic E-state index is -1.36. The SMILES string of the molecule is Cc1ccnc(C2CC2C(=O)Nc2cc(NCc3cn4cc(C5CC5)cc(N5CC(=O)N(C)C5=O)c4n3)nc(C3(O)COC3)n2)n1. The first-order valence-electron chi connectivity index (χ1n) is 15.3. The highest BCUT2D eigenvalue weighted by molar-refractivity contribution is 6.13. The molecule has 4 aromatic heterocycles. The van der Waals surface area contributed by atoms with Gasteiger partial charge in [-0.15, -0.1) is 0 Å². The number of pyridine rings is 1. The monoisotopic (exact) mass is 624 g/mol. The quantitative estimate of drug-likeness (QED) is 0.232. The number of imide groups is 1. The van der Waals surface area contributed by atoms with Crippen LogP contribution >= 0.6 is 0 Å². The van der Waals surface area contributed by atoms with Crippen LogP contribution in [0, 0.1) is 12.8 Å². The molecule has 236 valence electrons. The Morgan fingerprint density at radius 1 is 1.11 bits per heavy atom. The molecule has 2 aliphatic heterocycles. The van der Waals surface area contributed by atoms with E-state index >= 15 is 0 Å². The molecule has 4 aromatic rings. The zero-order chi connectivity index (χ0) is 31.7. The third kappa shape index (κ3) is 5.10. The summed E-state index contributed by atoms with van der Waals surface area (Å²) in [4.78, 5) is 63.5. The first-order chi connectivity index (χ1) is 22.1. The molecule has 8 rings (SSSR count). The predicted molar refractivity (Wildman–Crippen MR) is 163 cm³/mol. The maximum Gasteiger partial charge on any atom is 0.331 e. The summed E-state index contributed by atoms with van der Waals surface area (Å²) in [6, 6.07) is 5.01. The summed E-state index contributed by atoms with van der Waals surface area (Å²) in [5.41, 5.74) is 2.40. The fourth-order valence-corrected chi connectivity index (χ4v) is 5.91. The van der Waals surface area contributed by atoms with Crippen LogP contribution in [0.15, 0.2) is 36.8 Å². The molecule has 4 fully saturated rings. The van der Waals surface area contributed by atoms with Gasteiger partial charge in [0.25, 0.3) is 0 Å². The van der Waals surface area contributed by atoms with E-state index in [0.29, 0.717) is 41.0 Å². The Hall–Kier alpha value is -5.02. The minimum absolute atomic E-state index is 0.0377. The third-order valence-electron chi connectivity index (χ3n) is 8.93. The van der Waals surface area contributed by atoms with E-state index in [1.165, 1.54) is 11.9 Å². The Morgan fingerprint density at radius 2 is 1.91 bits per heavy atom. The third-order valence-corrected chi connectivity index (χ3v) is 8.93. The number of fused-ring (bicyclic) bond motifs is 1. The summed E-state index contributed by atoms with van der Waals surface area (Å²) < 4.78 is 7.12. The number of hydrogen-bond donors (Lipinski definition) is 3. The highest BCUT2D eigenvalue weighted by Gasteiger charge is 2.47. The lowest BCUT2D eigenvalue weighted by atomic mass is 10.0. The zero-order valence-electron chi connectivity index (χ0n) is 25.3. The van der Waals surface area contributed by atoms with E-state index in [0.717, 1.165) is 29.0 Å². The lowest BCUT2D eigenvalue weighted by Gasteiger charge is -2.34. The maximum absolute atomic E-state index is 13.2. The van der Waals surface area contributed by atoms with Gasteiger partial charge in [0.05, 0.1) is 31.1 Å². The summed E-state index contributed by atoms with van der Waals surface area (Å²) in [6.07, 6.45) is 8.39. The van der Waals surface area contributed by atoms with Crippen molar-refractivity contribution in [3.8, 4) is 0 Å². The maximum atomic E-state index is 13.2. The van der Waals surface area contributed by atoms with Crippen molar-refractivity contribution in [2.75, 3.05) is 42.3 Å². The Bertz CT molecular complexity index is 1920. The number of amides is 4. The molecule has 15 heteroatoms. The highest BCUT2D eigenvalue weighted by atomic mass is 16.5. The number of aromatic nitrogens is 6. The van der Waals surface area contributed by atoms with Crippen LogP contribution in [0.4, 0.5) is 22.1 Å². The van der Waals surface area contributed by atoms with E-state index in [9.17, 15) is 19.5 Å². The Kier molecular flexibility index (Phi) is 6.51. The Labute approximate surface area is 263 Å². The topological polar surface area (TPSA) is 180 Å². The number of likely N-dealkylation sites (N-methyl/N-ethyl adjacent to an activating group) is 1. The molecule has 2 saturated carbocycles. The van der Waals surface area contributed by atoms with Gasteiger partial charge in [0.1, 0.15) is 24.0 Å². The smallest absolute Gasteiger partial charge is 0.331 e. The van der Waals surface area contributed by atoms with Gasteiger partial charge in [0.2, 0.25) is 11.8 Å². The molecule has 15 nitrogen and oxygen atoms in total. The number of rotatable bonds is 9. The van der Waals surface area contributed by atoms with Gasteiger partial charge in [-0.3, -0.25) is 19.4 Å². The molecule has 4 amide bonds.